The van der Waals surface area contributed by atoms with E-state index in [1.54, 1.807) is 23.1 Å². The van der Waals surface area contributed by atoms with E-state index in [1.807, 2.05) is 51.1 Å². The van der Waals surface area contributed by atoms with Crippen LogP contribution >= 0.6 is 0 Å². The molecule has 48 heavy (non-hydrogen) atoms. The number of para-hydroxylation sites is 1. The van der Waals surface area contributed by atoms with Gasteiger partial charge in [-0.15, -0.1) is 5.17 Å². The molecule has 1 heterocycles. The number of terminal acetylenes is 1. The van der Waals surface area contributed by atoms with E-state index in [2.05, 4.69) is 29.2 Å². The number of allylic oxidation sites excluding steroid dienone is 2. The summed E-state index contributed by atoms with van der Waals surface area (Å²) in [5, 5.41) is 19.7. The van der Waals surface area contributed by atoms with Crippen molar-refractivity contribution < 1.29 is 24.6 Å². The summed E-state index contributed by atoms with van der Waals surface area (Å²) in [6.45, 7) is 12.6. The van der Waals surface area contributed by atoms with Crippen LogP contribution in [-0.4, -0.2) is 32.1 Å². The van der Waals surface area contributed by atoms with E-state index in [0.717, 1.165) is 34.7 Å². The fourth-order valence-electron chi connectivity index (χ4n) is 5.07. The maximum atomic E-state index is 12.4. The minimum absolute atomic E-state index is 0.128. The van der Waals surface area contributed by atoms with Gasteiger partial charge in [-0.2, -0.15) is 0 Å². The standard InChI is InChI=1S/C21H17N3O4.C14H16N2O2.C2H6/c1-2-24(14-6-3-12(4-7-14)21(27)28)18-8-5-13-9-17-16(10-15(13)18)20(26)23-19(11-25)22-17;1-4-8-12(5-2)14(17)18-16(15)13-10-7-6-9-11(13)3;1-2/h1,3-4,6-7,9-10,18,25H,5,8,11H2,(H,27,28)(H,22,23,26);4-10H,1-2,15H2,3H3;1-2H3/b;12-8+;. The predicted molar refractivity (Wildman–Crippen MR) is 188 cm³/mol. The number of H-pyrrole nitrogens is 1. The van der Waals surface area contributed by atoms with E-state index in [0.29, 0.717) is 22.3 Å². The molecule has 0 bridgehead atoms. The van der Waals surface area contributed by atoms with Crippen molar-refractivity contribution in [2.75, 3.05) is 10.1 Å². The molecule has 11 heteroatoms. The van der Waals surface area contributed by atoms with Crippen LogP contribution in [0.2, 0.25) is 0 Å². The third-order valence-corrected chi connectivity index (χ3v) is 7.34. The summed E-state index contributed by atoms with van der Waals surface area (Å²) >= 11 is 0. The molecule has 11 nitrogen and oxygen atoms in total. The molecule has 5 N–H and O–H groups in total. The Morgan fingerprint density at radius 1 is 1.17 bits per heavy atom. The molecule has 0 aliphatic heterocycles. The lowest BCUT2D eigenvalue weighted by atomic mass is 10.0. The second-order valence-corrected chi connectivity index (χ2v) is 10.2. The van der Waals surface area contributed by atoms with Gasteiger partial charge in [0.2, 0.25) is 0 Å². The largest absolute Gasteiger partial charge is 0.478 e. The first kappa shape index (κ1) is 36.5. The van der Waals surface area contributed by atoms with Gasteiger partial charge >= 0.3 is 11.9 Å². The zero-order valence-corrected chi connectivity index (χ0v) is 27.1. The van der Waals surface area contributed by atoms with Crippen LogP contribution in [0.5, 0.6) is 0 Å². The molecule has 0 spiro atoms. The van der Waals surface area contributed by atoms with Crippen LogP contribution in [-0.2, 0) is 22.7 Å². The maximum absolute atomic E-state index is 12.4. The van der Waals surface area contributed by atoms with Gasteiger partial charge in [0.25, 0.3) is 5.56 Å². The van der Waals surface area contributed by atoms with E-state index in [-0.39, 0.29) is 35.2 Å². The van der Waals surface area contributed by atoms with Gasteiger partial charge in [0, 0.05) is 11.7 Å². The third kappa shape index (κ3) is 8.44. The molecule has 0 saturated carbocycles. The number of carboxylic acids is 1. The van der Waals surface area contributed by atoms with Gasteiger partial charge in [-0.1, -0.05) is 63.8 Å². The molecule has 1 aromatic heterocycles. The van der Waals surface area contributed by atoms with Crippen LogP contribution < -0.4 is 21.5 Å². The first-order valence-electron chi connectivity index (χ1n) is 15.1. The van der Waals surface area contributed by atoms with Gasteiger partial charge in [0.05, 0.1) is 33.8 Å². The first-order chi connectivity index (χ1) is 23.1. The number of benzene rings is 3. The number of nitrogens with zero attached hydrogens (tertiary/aromatic N) is 3. The fourth-order valence-corrected chi connectivity index (χ4v) is 5.07. The average molecular weight is 650 g/mol. The molecule has 248 valence electrons. The van der Waals surface area contributed by atoms with E-state index >= 15 is 0 Å². The molecule has 0 amide bonds. The fraction of sp³-hybridized carbons (Fsp3) is 0.189. The Morgan fingerprint density at radius 3 is 2.44 bits per heavy atom. The molecule has 1 aliphatic rings. The summed E-state index contributed by atoms with van der Waals surface area (Å²) in [5.74, 6) is 4.34. The highest BCUT2D eigenvalue weighted by molar-refractivity contribution is 5.92. The van der Waals surface area contributed by atoms with Crippen LogP contribution in [0.25, 0.3) is 10.9 Å². The Morgan fingerprint density at radius 2 is 1.85 bits per heavy atom. The number of aromatic nitrogens is 2. The smallest absolute Gasteiger partial charge is 0.365 e. The van der Waals surface area contributed by atoms with E-state index in [1.165, 1.54) is 30.4 Å². The quantitative estimate of drug-likeness (QED) is 0.0445. The van der Waals surface area contributed by atoms with Crippen molar-refractivity contribution in [2.45, 2.75) is 46.3 Å². The number of aromatic carboxylic acids is 1. The van der Waals surface area contributed by atoms with Gasteiger partial charge in [-0.3, -0.25) is 9.69 Å². The summed E-state index contributed by atoms with van der Waals surface area (Å²) in [5.41, 5.74) is 4.97. The number of hydrogen-bond acceptors (Lipinski definition) is 9. The first-order valence-corrected chi connectivity index (χ1v) is 15.1. The van der Waals surface area contributed by atoms with Crippen LogP contribution in [0.4, 0.5) is 11.4 Å². The number of fused-ring (bicyclic) bond motifs is 2. The lowest BCUT2D eigenvalue weighted by molar-refractivity contribution is -0.140. The molecule has 0 saturated heterocycles. The van der Waals surface area contributed by atoms with Crippen molar-refractivity contribution >= 4 is 34.2 Å². The van der Waals surface area contributed by atoms with Gasteiger partial charge in [0.1, 0.15) is 12.4 Å². The Labute approximate surface area is 279 Å². The SMILES string of the molecule is C#CN(c1ccc(C(=O)O)cc1)C1CCc2cc3nc(CO)[nH]c(=O)c3cc21.C=C/C=C(\C=C)C(=O)ON(N)c1ccccc1C.CC. The summed E-state index contributed by atoms with van der Waals surface area (Å²) in [6.07, 6.45) is 11.7. The lowest BCUT2D eigenvalue weighted by Crippen LogP contribution is -2.34. The lowest BCUT2D eigenvalue weighted by Gasteiger charge is -2.26. The zero-order chi connectivity index (χ0) is 35.4. The minimum atomic E-state index is -0.995. The second kappa shape index (κ2) is 17.1. The highest BCUT2D eigenvalue weighted by atomic mass is 16.7. The summed E-state index contributed by atoms with van der Waals surface area (Å²) in [6, 6.07) is 20.0. The number of anilines is 2. The topological polar surface area (TPSA) is 162 Å². The third-order valence-electron chi connectivity index (χ3n) is 7.34. The zero-order valence-electron chi connectivity index (χ0n) is 27.1. The molecule has 1 atom stereocenters. The number of nitrogens with two attached hydrogens (primary N) is 1. The predicted octanol–water partition coefficient (Wildman–Crippen LogP) is 5.66. The number of carboxylic acid groups (broad SMARTS) is 1. The second-order valence-electron chi connectivity index (χ2n) is 10.2. The number of aliphatic hydroxyl groups excluding tert-OH is 1. The molecule has 0 fully saturated rings. The highest BCUT2D eigenvalue weighted by Gasteiger charge is 2.29. The van der Waals surface area contributed by atoms with Crippen LogP contribution in [0.15, 0.2) is 102 Å². The van der Waals surface area contributed by atoms with Crippen LogP contribution in [0.3, 0.4) is 0 Å². The number of carbonyl (C=O) groups excluding carboxylic acids is 1. The van der Waals surface area contributed by atoms with Gasteiger partial charge in [-0.05, 0) is 85.0 Å². The number of hydrogen-bond donors (Lipinski definition) is 4. The molecule has 5 rings (SSSR count). The van der Waals surface area contributed by atoms with E-state index in [9.17, 15) is 19.5 Å². The monoisotopic (exact) mass is 649 g/mol. The number of aryl methyl sites for hydroxylation is 2. The normalized spacial score (nSPS) is 13.0. The Bertz CT molecular complexity index is 1920. The summed E-state index contributed by atoms with van der Waals surface area (Å²) < 4.78 is 0. The number of nitrogens with one attached hydrogen (secondary N) is 1. The van der Waals surface area contributed by atoms with Crippen molar-refractivity contribution in [3.8, 4) is 12.5 Å². The van der Waals surface area contributed by atoms with Gasteiger partial charge < -0.3 is 20.0 Å². The molecule has 1 aliphatic carbocycles. The van der Waals surface area contributed by atoms with Crippen molar-refractivity contribution in [3.05, 3.63) is 136 Å². The minimum Gasteiger partial charge on any atom is -0.478 e. The number of hydrazine groups is 1. The Kier molecular flexibility index (Phi) is 13.0. The van der Waals surface area contributed by atoms with Crippen molar-refractivity contribution in [1.82, 2.24) is 9.97 Å². The molecule has 0 radical (unpaired) electrons. The van der Waals surface area contributed by atoms with Crippen molar-refractivity contribution in [1.29, 1.82) is 0 Å². The van der Waals surface area contributed by atoms with Crippen LogP contribution in [0, 0.1) is 19.4 Å². The van der Waals surface area contributed by atoms with Gasteiger partial charge in [-0.25, -0.2) is 20.4 Å². The van der Waals surface area contributed by atoms with Gasteiger partial charge in [0.15, 0.2) is 0 Å². The molecule has 3 aromatic carbocycles. The van der Waals surface area contributed by atoms with E-state index < -0.39 is 11.9 Å². The highest BCUT2D eigenvalue weighted by Crippen LogP contribution is 2.39. The number of rotatable bonds is 9. The number of aliphatic hydroxyl groups is 1. The number of aromatic amines is 1. The van der Waals surface area contributed by atoms with Crippen molar-refractivity contribution in [3.63, 3.8) is 0 Å². The Balaban J connectivity index is 0.000000271. The average Bonchev–Trinajstić information content (AvgIpc) is 3.50. The van der Waals surface area contributed by atoms with Crippen molar-refractivity contribution in [2.24, 2.45) is 5.84 Å². The summed E-state index contributed by atoms with van der Waals surface area (Å²) in [7, 11) is 0. The van der Waals surface area contributed by atoms with E-state index in [4.69, 9.17) is 22.2 Å². The maximum Gasteiger partial charge on any atom is 0.365 e. The molecular formula is C37H39N5O6. The number of carbonyl (C=O) groups is 2. The molecule has 1 unspecified atom stereocenters. The Hall–Kier alpha value is -5.96. The summed E-state index contributed by atoms with van der Waals surface area (Å²) in [4.78, 5) is 48.8. The molecular weight excluding hydrogens is 610 g/mol. The molecule has 4 aromatic rings. The van der Waals surface area contributed by atoms with Crippen LogP contribution in [0.1, 0.15) is 59.2 Å².